The van der Waals surface area contributed by atoms with Gasteiger partial charge in [0.15, 0.2) is 0 Å². The van der Waals surface area contributed by atoms with E-state index in [2.05, 4.69) is 17.0 Å². The lowest BCUT2D eigenvalue weighted by atomic mass is 9.99. The van der Waals surface area contributed by atoms with Crippen molar-refractivity contribution in [3.05, 3.63) is 17.5 Å². The number of methoxy groups -OCH3 is 1. The van der Waals surface area contributed by atoms with Crippen molar-refractivity contribution in [2.24, 2.45) is 11.8 Å². The van der Waals surface area contributed by atoms with Gasteiger partial charge in [-0.1, -0.05) is 12.1 Å². The molecule has 5 heteroatoms. The maximum atomic E-state index is 11.5. The first-order chi connectivity index (χ1) is 8.10. The molecule has 0 radical (unpaired) electrons. The lowest BCUT2D eigenvalue weighted by Gasteiger charge is -2.12. The number of hydrogen-bond donors (Lipinski definition) is 0. The summed E-state index contributed by atoms with van der Waals surface area (Å²) in [6, 6.07) is 1.93. The molecule has 94 valence electrons. The molecule has 5 nitrogen and oxygen atoms in total. The number of aromatic nitrogens is 1. The lowest BCUT2D eigenvalue weighted by Crippen LogP contribution is -2.24. The van der Waals surface area contributed by atoms with E-state index < -0.39 is 0 Å². The first-order valence-electron chi connectivity index (χ1n) is 5.82. The zero-order valence-electron chi connectivity index (χ0n) is 10.5. The van der Waals surface area contributed by atoms with E-state index in [4.69, 9.17) is 9.26 Å². The first-order valence-corrected chi connectivity index (χ1v) is 5.82. The maximum absolute atomic E-state index is 11.5. The summed E-state index contributed by atoms with van der Waals surface area (Å²) in [5.74, 6) is 1.01. The Morgan fingerprint density at radius 2 is 2.41 bits per heavy atom. The van der Waals surface area contributed by atoms with Crippen LogP contribution in [0.2, 0.25) is 0 Å². The molecule has 17 heavy (non-hydrogen) atoms. The fourth-order valence-electron chi connectivity index (χ4n) is 2.38. The van der Waals surface area contributed by atoms with E-state index in [1.54, 1.807) is 0 Å². The predicted molar refractivity (Wildman–Crippen MR) is 61.2 cm³/mol. The summed E-state index contributed by atoms with van der Waals surface area (Å²) in [5.41, 5.74) is 0.917. The number of carbonyl (C=O) groups is 1. The minimum atomic E-state index is -0.115. The Hall–Kier alpha value is -1.36. The van der Waals surface area contributed by atoms with Gasteiger partial charge in [0, 0.05) is 25.7 Å². The molecule has 1 fully saturated rings. The fraction of sp³-hybridized carbons (Fsp3) is 0.667. The van der Waals surface area contributed by atoms with Crippen LogP contribution < -0.4 is 0 Å². The van der Waals surface area contributed by atoms with Crippen molar-refractivity contribution >= 4 is 5.97 Å². The van der Waals surface area contributed by atoms with Crippen LogP contribution in [0.5, 0.6) is 0 Å². The van der Waals surface area contributed by atoms with Crippen LogP contribution >= 0.6 is 0 Å². The SMILES string of the molecule is COC(=O)C1CN(Cc2cc(C)on2)CC1C. The number of ether oxygens (including phenoxy) is 1. The third-order valence-electron chi connectivity index (χ3n) is 3.25. The van der Waals surface area contributed by atoms with Gasteiger partial charge in [-0.3, -0.25) is 9.69 Å². The van der Waals surface area contributed by atoms with E-state index in [-0.39, 0.29) is 11.9 Å². The molecule has 0 aromatic carbocycles. The highest BCUT2D eigenvalue weighted by Gasteiger charge is 2.35. The van der Waals surface area contributed by atoms with Gasteiger partial charge in [0.2, 0.25) is 0 Å². The van der Waals surface area contributed by atoms with Crippen LogP contribution in [0.1, 0.15) is 18.4 Å². The molecule has 1 saturated heterocycles. The molecule has 1 aliphatic rings. The van der Waals surface area contributed by atoms with E-state index in [0.717, 1.165) is 31.1 Å². The Bertz CT molecular complexity index is 402. The largest absolute Gasteiger partial charge is 0.469 e. The summed E-state index contributed by atoms with van der Waals surface area (Å²) in [6.45, 7) is 6.32. The van der Waals surface area contributed by atoms with Crippen molar-refractivity contribution in [2.75, 3.05) is 20.2 Å². The molecule has 2 heterocycles. The number of esters is 1. The molecular formula is C12H18N2O3. The van der Waals surface area contributed by atoms with Crippen LogP contribution in [-0.2, 0) is 16.1 Å². The van der Waals surface area contributed by atoms with Gasteiger partial charge in [-0.05, 0) is 12.8 Å². The molecule has 1 aromatic heterocycles. The average molecular weight is 238 g/mol. The monoisotopic (exact) mass is 238 g/mol. The van der Waals surface area contributed by atoms with E-state index in [1.165, 1.54) is 7.11 Å². The van der Waals surface area contributed by atoms with E-state index in [0.29, 0.717) is 5.92 Å². The zero-order valence-corrected chi connectivity index (χ0v) is 10.5. The maximum Gasteiger partial charge on any atom is 0.310 e. The molecule has 1 aromatic rings. The number of aryl methyl sites for hydroxylation is 1. The van der Waals surface area contributed by atoms with E-state index >= 15 is 0 Å². The standard InChI is InChI=1S/C12H18N2O3/c1-8-5-14(7-11(8)12(15)16-3)6-10-4-9(2)17-13-10/h4,8,11H,5-7H2,1-3H3. The second kappa shape index (κ2) is 4.87. The van der Waals surface area contributed by atoms with Crippen molar-refractivity contribution in [1.82, 2.24) is 10.1 Å². The Balaban J connectivity index is 1.95. The van der Waals surface area contributed by atoms with Gasteiger partial charge in [-0.25, -0.2) is 0 Å². The average Bonchev–Trinajstić information content (AvgIpc) is 2.85. The molecular weight excluding hydrogens is 220 g/mol. The van der Waals surface area contributed by atoms with Gasteiger partial charge in [0.05, 0.1) is 18.7 Å². The Morgan fingerprint density at radius 3 is 3.00 bits per heavy atom. The summed E-state index contributed by atoms with van der Waals surface area (Å²) >= 11 is 0. The molecule has 0 aliphatic carbocycles. The molecule has 0 saturated carbocycles. The molecule has 2 unspecified atom stereocenters. The molecule has 2 atom stereocenters. The highest BCUT2D eigenvalue weighted by atomic mass is 16.5. The van der Waals surface area contributed by atoms with Crippen molar-refractivity contribution in [1.29, 1.82) is 0 Å². The summed E-state index contributed by atoms with van der Waals surface area (Å²) in [7, 11) is 1.44. The number of rotatable bonds is 3. The van der Waals surface area contributed by atoms with E-state index in [1.807, 2.05) is 13.0 Å². The first kappa shape index (κ1) is 12.1. The Kier molecular flexibility index (Phi) is 3.47. The summed E-state index contributed by atoms with van der Waals surface area (Å²) in [6.07, 6.45) is 0. The normalized spacial score (nSPS) is 25.1. The topological polar surface area (TPSA) is 55.6 Å². The second-order valence-electron chi connectivity index (χ2n) is 4.73. The molecule has 0 amide bonds. The molecule has 2 rings (SSSR count). The molecule has 0 spiro atoms. The minimum Gasteiger partial charge on any atom is -0.469 e. The Labute approximate surface area is 101 Å². The van der Waals surface area contributed by atoms with Gasteiger partial charge < -0.3 is 9.26 Å². The van der Waals surface area contributed by atoms with Crippen molar-refractivity contribution in [3.8, 4) is 0 Å². The zero-order chi connectivity index (χ0) is 12.4. The van der Waals surface area contributed by atoms with Crippen LogP contribution in [-0.4, -0.2) is 36.2 Å². The second-order valence-corrected chi connectivity index (χ2v) is 4.73. The highest BCUT2D eigenvalue weighted by molar-refractivity contribution is 5.73. The van der Waals surface area contributed by atoms with E-state index in [9.17, 15) is 4.79 Å². The summed E-state index contributed by atoms with van der Waals surface area (Å²) in [5, 5.41) is 3.96. The van der Waals surface area contributed by atoms with Gasteiger partial charge >= 0.3 is 5.97 Å². The quantitative estimate of drug-likeness (QED) is 0.741. The third kappa shape index (κ3) is 2.66. The Morgan fingerprint density at radius 1 is 1.65 bits per heavy atom. The predicted octanol–water partition coefficient (Wildman–Crippen LogP) is 1.22. The van der Waals surface area contributed by atoms with Crippen molar-refractivity contribution < 1.29 is 14.1 Å². The number of nitrogens with zero attached hydrogens (tertiary/aromatic N) is 2. The van der Waals surface area contributed by atoms with Crippen LogP contribution in [0.3, 0.4) is 0 Å². The van der Waals surface area contributed by atoms with Gasteiger partial charge in [0.25, 0.3) is 0 Å². The highest BCUT2D eigenvalue weighted by Crippen LogP contribution is 2.25. The van der Waals surface area contributed by atoms with Crippen LogP contribution in [0.4, 0.5) is 0 Å². The summed E-state index contributed by atoms with van der Waals surface area (Å²) in [4.78, 5) is 13.8. The third-order valence-corrected chi connectivity index (χ3v) is 3.25. The van der Waals surface area contributed by atoms with Crippen LogP contribution in [0, 0.1) is 18.8 Å². The fourth-order valence-corrected chi connectivity index (χ4v) is 2.38. The van der Waals surface area contributed by atoms with Gasteiger partial charge in [-0.15, -0.1) is 0 Å². The van der Waals surface area contributed by atoms with Crippen LogP contribution in [0.15, 0.2) is 10.6 Å². The molecule has 1 aliphatic heterocycles. The molecule has 0 N–H and O–H groups in total. The number of carbonyl (C=O) groups excluding carboxylic acids is 1. The van der Waals surface area contributed by atoms with Crippen LogP contribution in [0.25, 0.3) is 0 Å². The van der Waals surface area contributed by atoms with Gasteiger partial charge in [0.1, 0.15) is 5.76 Å². The minimum absolute atomic E-state index is 0.0204. The van der Waals surface area contributed by atoms with Crippen molar-refractivity contribution in [2.45, 2.75) is 20.4 Å². The van der Waals surface area contributed by atoms with Crippen molar-refractivity contribution in [3.63, 3.8) is 0 Å². The number of hydrogen-bond acceptors (Lipinski definition) is 5. The lowest BCUT2D eigenvalue weighted by molar-refractivity contribution is -0.146. The molecule has 0 bridgehead atoms. The summed E-state index contributed by atoms with van der Waals surface area (Å²) < 4.78 is 9.84. The van der Waals surface area contributed by atoms with Gasteiger partial charge in [-0.2, -0.15) is 0 Å². The smallest absolute Gasteiger partial charge is 0.310 e. The number of likely N-dealkylation sites (tertiary alicyclic amines) is 1.